The summed E-state index contributed by atoms with van der Waals surface area (Å²) in [7, 11) is 0. The van der Waals surface area contributed by atoms with E-state index in [1.807, 2.05) is 6.07 Å². The third-order valence-corrected chi connectivity index (χ3v) is 1.49. The van der Waals surface area contributed by atoms with Gasteiger partial charge in [-0.05, 0) is 17.3 Å². The monoisotopic (exact) mass is 162 g/mol. The summed E-state index contributed by atoms with van der Waals surface area (Å²) in [5, 5.41) is 12.5. The minimum Gasteiger partial charge on any atom is -0.491 e. The standard InChI is InChI=1S/C8H6N2O2/c11-8-6(5-12-10-8)7-3-1-2-4-9-7/h1-5H,(H,10,11). The van der Waals surface area contributed by atoms with Crippen molar-refractivity contribution in [2.75, 3.05) is 0 Å². The molecule has 4 nitrogen and oxygen atoms in total. The van der Waals surface area contributed by atoms with Crippen LogP contribution in [0.25, 0.3) is 11.3 Å². The predicted molar refractivity (Wildman–Crippen MR) is 41.4 cm³/mol. The Balaban J connectivity index is 2.51. The summed E-state index contributed by atoms with van der Waals surface area (Å²) in [6, 6.07) is 5.40. The fourth-order valence-electron chi connectivity index (χ4n) is 0.928. The summed E-state index contributed by atoms with van der Waals surface area (Å²) in [6.07, 6.45) is 3.00. The van der Waals surface area contributed by atoms with Crippen LogP contribution in [0.4, 0.5) is 0 Å². The Labute approximate surface area is 68.5 Å². The quantitative estimate of drug-likeness (QED) is 0.689. The molecule has 4 heteroatoms. The first-order chi connectivity index (χ1) is 5.88. The number of nitrogens with zero attached hydrogens (tertiary/aromatic N) is 2. The van der Waals surface area contributed by atoms with E-state index in [1.54, 1.807) is 18.3 Å². The maximum atomic E-state index is 9.16. The Morgan fingerprint density at radius 2 is 2.25 bits per heavy atom. The Hall–Kier alpha value is -1.84. The molecule has 0 radical (unpaired) electrons. The highest BCUT2D eigenvalue weighted by Crippen LogP contribution is 2.24. The summed E-state index contributed by atoms with van der Waals surface area (Å²) in [5.74, 6) is -0.131. The minimum absolute atomic E-state index is 0.131. The lowest BCUT2D eigenvalue weighted by Crippen LogP contribution is -1.78. The van der Waals surface area contributed by atoms with Gasteiger partial charge in [0.15, 0.2) is 0 Å². The molecular weight excluding hydrogens is 156 g/mol. The number of aromatic nitrogens is 2. The van der Waals surface area contributed by atoms with E-state index >= 15 is 0 Å². The molecule has 0 spiro atoms. The predicted octanol–water partition coefficient (Wildman–Crippen LogP) is 1.44. The average molecular weight is 162 g/mol. The highest BCUT2D eigenvalue weighted by atomic mass is 16.5. The van der Waals surface area contributed by atoms with Gasteiger partial charge in [-0.15, -0.1) is 0 Å². The maximum Gasteiger partial charge on any atom is 0.261 e. The maximum absolute atomic E-state index is 9.16. The summed E-state index contributed by atoms with van der Waals surface area (Å²) < 4.78 is 4.56. The van der Waals surface area contributed by atoms with Crippen molar-refractivity contribution in [3.8, 4) is 17.1 Å². The van der Waals surface area contributed by atoms with E-state index in [-0.39, 0.29) is 5.88 Å². The zero-order valence-electron chi connectivity index (χ0n) is 6.14. The van der Waals surface area contributed by atoms with Gasteiger partial charge in [0.05, 0.1) is 5.69 Å². The first kappa shape index (κ1) is 6.84. The highest BCUT2D eigenvalue weighted by Gasteiger charge is 2.07. The lowest BCUT2D eigenvalue weighted by Gasteiger charge is -1.92. The van der Waals surface area contributed by atoms with Crippen molar-refractivity contribution < 1.29 is 9.63 Å². The molecule has 2 aromatic rings. The number of aromatic hydroxyl groups is 1. The van der Waals surface area contributed by atoms with Gasteiger partial charge in [-0.3, -0.25) is 4.98 Å². The van der Waals surface area contributed by atoms with Gasteiger partial charge in [0, 0.05) is 6.20 Å². The normalized spacial score (nSPS) is 10.0. The Bertz CT molecular complexity index is 370. The van der Waals surface area contributed by atoms with Gasteiger partial charge in [0.1, 0.15) is 11.8 Å². The van der Waals surface area contributed by atoms with E-state index in [0.717, 1.165) is 0 Å². The van der Waals surface area contributed by atoms with Crippen molar-refractivity contribution in [3.05, 3.63) is 30.7 Å². The Morgan fingerprint density at radius 1 is 1.33 bits per heavy atom. The molecule has 2 heterocycles. The van der Waals surface area contributed by atoms with Crippen molar-refractivity contribution >= 4 is 0 Å². The second kappa shape index (κ2) is 2.65. The van der Waals surface area contributed by atoms with Crippen LogP contribution in [-0.4, -0.2) is 15.2 Å². The SMILES string of the molecule is Oc1nocc1-c1ccccn1. The fraction of sp³-hybridized carbons (Fsp3) is 0. The van der Waals surface area contributed by atoms with Crippen LogP contribution in [-0.2, 0) is 0 Å². The van der Waals surface area contributed by atoms with Crippen LogP contribution < -0.4 is 0 Å². The van der Waals surface area contributed by atoms with Crippen LogP contribution in [0.1, 0.15) is 0 Å². The molecule has 2 rings (SSSR count). The number of hydrogen-bond acceptors (Lipinski definition) is 4. The molecule has 0 aliphatic rings. The molecule has 2 aromatic heterocycles. The highest BCUT2D eigenvalue weighted by molar-refractivity contribution is 5.62. The molecule has 0 aliphatic heterocycles. The summed E-state index contributed by atoms with van der Waals surface area (Å²) in [6.45, 7) is 0. The van der Waals surface area contributed by atoms with Crippen molar-refractivity contribution in [2.24, 2.45) is 0 Å². The lowest BCUT2D eigenvalue weighted by atomic mass is 10.2. The third kappa shape index (κ3) is 1.03. The number of pyridine rings is 1. The molecule has 0 atom stereocenters. The average Bonchev–Trinajstić information content (AvgIpc) is 2.53. The second-order valence-electron chi connectivity index (χ2n) is 2.27. The summed E-state index contributed by atoms with van der Waals surface area (Å²) in [4.78, 5) is 4.02. The van der Waals surface area contributed by atoms with Crippen LogP contribution in [0, 0.1) is 0 Å². The van der Waals surface area contributed by atoms with E-state index in [0.29, 0.717) is 11.3 Å². The number of rotatable bonds is 1. The number of hydrogen-bond donors (Lipinski definition) is 1. The van der Waals surface area contributed by atoms with Crippen LogP contribution in [0.3, 0.4) is 0 Å². The molecule has 0 saturated heterocycles. The van der Waals surface area contributed by atoms with E-state index in [1.165, 1.54) is 6.26 Å². The lowest BCUT2D eigenvalue weighted by molar-refractivity contribution is 0.359. The second-order valence-corrected chi connectivity index (χ2v) is 2.27. The topological polar surface area (TPSA) is 59.2 Å². The van der Waals surface area contributed by atoms with Gasteiger partial charge in [0.2, 0.25) is 0 Å². The zero-order valence-corrected chi connectivity index (χ0v) is 6.14. The molecule has 0 fully saturated rings. The van der Waals surface area contributed by atoms with Gasteiger partial charge < -0.3 is 9.63 Å². The minimum atomic E-state index is -0.131. The van der Waals surface area contributed by atoms with Crippen molar-refractivity contribution in [3.63, 3.8) is 0 Å². The van der Waals surface area contributed by atoms with Gasteiger partial charge in [-0.2, -0.15) is 0 Å². The van der Waals surface area contributed by atoms with Crippen LogP contribution in [0.2, 0.25) is 0 Å². The van der Waals surface area contributed by atoms with Crippen LogP contribution >= 0.6 is 0 Å². The summed E-state index contributed by atoms with van der Waals surface area (Å²) >= 11 is 0. The van der Waals surface area contributed by atoms with Crippen molar-refractivity contribution in [2.45, 2.75) is 0 Å². The fourth-order valence-corrected chi connectivity index (χ4v) is 0.928. The molecule has 60 valence electrons. The molecule has 0 aliphatic carbocycles. The molecule has 0 amide bonds. The Morgan fingerprint density at radius 3 is 2.83 bits per heavy atom. The van der Waals surface area contributed by atoms with Gasteiger partial charge in [0.25, 0.3) is 5.88 Å². The Kier molecular flexibility index (Phi) is 1.51. The molecule has 12 heavy (non-hydrogen) atoms. The first-order valence-electron chi connectivity index (χ1n) is 3.42. The molecular formula is C8H6N2O2. The van der Waals surface area contributed by atoms with E-state index in [4.69, 9.17) is 5.11 Å². The first-order valence-corrected chi connectivity index (χ1v) is 3.42. The largest absolute Gasteiger partial charge is 0.491 e. The van der Waals surface area contributed by atoms with Gasteiger partial charge in [-0.1, -0.05) is 6.07 Å². The van der Waals surface area contributed by atoms with E-state index < -0.39 is 0 Å². The van der Waals surface area contributed by atoms with Crippen molar-refractivity contribution in [1.29, 1.82) is 0 Å². The summed E-state index contributed by atoms with van der Waals surface area (Å²) in [5.41, 5.74) is 1.16. The smallest absolute Gasteiger partial charge is 0.261 e. The van der Waals surface area contributed by atoms with Gasteiger partial charge in [-0.25, -0.2) is 0 Å². The zero-order chi connectivity index (χ0) is 8.39. The van der Waals surface area contributed by atoms with Crippen LogP contribution in [0.15, 0.2) is 35.2 Å². The third-order valence-electron chi connectivity index (χ3n) is 1.49. The van der Waals surface area contributed by atoms with Crippen molar-refractivity contribution in [1.82, 2.24) is 10.1 Å². The molecule has 0 bridgehead atoms. The molecule has 0 saturated carbocycles. The van der Waals surface area contributed by atoms with E-state index in [2.05, 4.69) is 14.7 Å². The molecule has 0 aromatic carbocycles. The van der Waals surface area contributed by atoms with Gasteiger partial charge >= 0.3 is 0 Å². The van der Waals surface area contributed by atoms with Crippen LogP contribution in [0.5, 0.6) is 5.88 Å². The molecule has 0 unspecified atom stereocenters. The van der Waals surface area contributed by atoms with E-state index in [9.17, 15) is 0 Å². The molecule has 1 N–H and O–H groups in total.